The topological polar surface area (TPSA) is 53.7 Å². The molecule has 15 heavy (non-hydrogen) atoms. The first-order chi connectivity index (χ1) is 6.91. The van der Waals surface area contributed by atoms with E-state index in [0.717, 1.165) is 11.4 Å². The van der Waals surface area contributed by atoms with Crippen molar-refractivity contribution in [3.63, 3.8) is 0 Å². The highest BCUT2D eigenvalue weighted by atomic mass is 32.2. The highest BCUT2D eigenvalue weighted by molar-refractivity contribution is 8.00. The summed E-state index contributed by atoms with van der Waals surface area (Å²) >= 11 is 1.66. The van der Waals surface area contributed by atoms with Crippen LogP contribution in [0, 0.1) is 0 Å². The van der Waals surface area contributed by atoms with E-state index in [2.05, 4.69) is 13.8 Å². The van der Waals surface area contributed by atoms with Crippen LogP contribution in [-0.4, -0.2) is 29.4 Å². The fraction of sp³-hybridized carbons (Fsp3) is 0.500. The number of furan rings is 1. The summed E-state index contributed by atoms with van der Waals surface area (Å²) in [5.74, 6) is -0.973. The number of thioether (sulfide) groups is 1. The first-order valence-corrected chi connectivity index (χ1v) is 5.47. The van der Waals surface area contributed by atoms with Crippen LogP contribution in [0.3, 0.4) is 0 Å². The molecule has 1 aromatic heterocycles. The van der Waals surface area contributed by atoms with Crippen molar-refractivity contribution in [3.05, 3.63) is 12.0 Å². The molecule has 0 aliphatic carbocycles. The predicted molar refractivity (Wildman–Crippen MR) is 58.9 cm³/mol. The molecule has 0 aromatic carbocycles. The molecule has 5 heteroatoms. The van der Waals surface area contributed by atoms with Crippen LogP contribution < -0.4 is 4.90 Å². The summed E-state index contributed by atoms with van der Waals surface area (Å²) in [6, 6.07) is 0. The van der Waals surface area contributed by atoms with Gasteiger partial charge in [0.25, 0.3) is 0 Å². The van der Waals surface area contributed by atoms with Gasteiger partial charge >= 0.3 is 5.97 Å². The minimum atomic E-state index is -1.01. The van der Waals surface area contributed by atoms with E-state index < -0.39 is 5.97 Å². The standard InChI is InChI=1S/C10H13NO3S/c1-10(2)5-11(3)7-6(15-10)4-14-8(7)9(12)13/h4H,5H2,1-3H3,(H,12,13). The third-order valence-electron chi connectivity index (χ3n) is 2.31. The second kappa shape index (κ2) is 3.20. The molecule has 2 rings (SSSR count). The zero-order chi connectivity index (χ0) is 11.2. The normalized spacial score (nSPS) is 18.7. The van der Waals surface area contributed by atoms with Crippen molar-refractivity contribution in [2.45, 2.75) is 23.5 Å². The molecule has 0 unspecified atom stereocenters. The first kappa shape index (κ1) is 10.4. The molecule has 2 heterocycles. The van der Waals surface area contributed by atoms with Gasteiger partial charge in [0.05, 0.1) is 4.90 Å². The van der Waals surface area contributed by atoms with Crippen molar-refractivity contribution in [3.8, 4) is 0 Å². The van der Waals surface area contributed by atoms with Crippen LogP contribution in [0.15, 0.2) is 15.6 Å². The van der Waals surface area contributed by atoms with Crippen molar-refractivity contribution >= 4 is 23.4 Å². The lowest BCUT2D eigenvalue weighted by atomic mass is 10.2. The van der Waals surface area contributed by atoms with E-state index in [4.69, 9.17) is 9.52 Å². The van der Waals surface area contributed by atoms with Crippen molar-refractivity contribution in [2.75, 3.05) is 18.5 Å². The van der Waals surface area contributed by atoms with Crippen LogP contribution >= 0.6 is 11.8 Å². The number of carboxylic acids is 1. The second-order valence-electron chi connectivity index (χ2n) is 4.30. The van der Waals surface area contributed by atoms with Crippen LogP contribution in [0.4, 0.5) is 5.69 Å². The summed E-state index contributed by atoms with van der Waals surface area (Å²) in [6.45, 7) is 5.07. The average molecular weight is 227 g/mol. The van der Waals surface area contributed by atoms with Crippen LogP contribution in [0.5, 0.6) is 0 Å². The monoisotopic (exact) mass is 227 g/mol. The summed E-state index contributed by atoms with van der Waals surface area (Å²) in [6.07, 6.45) is 1.53. The molecule has 0 fully saturated rings. The van der Waals surface area contributed by atoms with Gasteiger partial charge in [-0.3, -0.25) is 0 Å². The number of anilines is 1. The fourth-order valence-electron chi connectivity index (χ4n) is 1.90. The summed E-state index contributed by atoms with van der Waals surface area (Å²) in [5.41, 5.74) is 0.701. The lowest BCUT2D eigenvalue weighted by molar-refractivity contribution is 0.0663. The molecule has 1 aromatic rings. The maximum absolute atomic E-state index is 10.9. The maximum atomic E-state index is 10.9. The fourth-order valence-corrected chi connectivity index (χ4v) is 3.20. The molecule has 0 atom stereocenters. The van der Waals surface area contributed by atoms with E-state index in [1.165, 1.54) is 6.26 Å². The van der Waals surface area contributed by atoms with Gasteiger partial charge in [0.2, 0.25) is 5.76 Å². The van der Waals surface area contributed by atoms with E-state index >= 15 is 0 Å². The van der Waals surface area contributed by atoms with E-state index in [1.807, 2.05) is 11.9 Å². The minimum Gasteiger partial charge on any atom is -0.475 e. The summed E-state index contributed by atoms with van der Waals surface area (Å²) in [4.78, 5) is 13.8. The lowest BCUT2D eigenvalue weighted by Crippen LogP contribution is -2.37. The first-order valence-electron chi connectivity index (χ1n) is 4.66. The zero-order valence-corrected chi connectivity index (χ0v) is 9.72. The average Bonchev–Trinajstić information content (AvgIpc) is 2.45. The molecule has 0 bridgehead atoms. The largest absolute Gasteiger partial charge is 0.475 e. The molecule has 1 aliphatic rings. The van der Waals surface area contributed by atoms with Crippen LogP contribution in [0.1, 0.15) is 24.4 Å². The van der Waals surface area contributed by atoms with Crippen LogP contribution in [0.25, 0.3) is 0 Å². The Labute approximate surface area is 92.2 Å². The van der Waals surface area contributed by atoms with Crippen LogP contribution in [-0.2, 0) is 0 Å². The molecule has 0 saturated heterocycles. The quantitative estimate of drug-likeness (QED) is 0.797. The van der Waals surface area contributed by atoms with Crippen molar-refractivity contribution < 1.29 is 14.3 Å². The van der Waals surface area contributed by atoms with E-state index in [-0.39, 0.29) is 10.5 Å². The van der Waals surface area contributed by atoms with Gasteiger partial charge in [-0.2, -0.15) is 0 Å². The highest BCUT2D eigenvalue weighted by Gasteiger charge is 2.34. The maximum Gasteiger partial charge on any atom is 0.374 e. The van der Waals surface area contributed by atoms with Gasteiger partial charge in [-0.05, 0) is 13.8 Å². The summed E-state index contributed by atoms with van der Waals surface area (Å²) in [7, 11) is 1.89. The van der Waals surface area contributed by atoms with E-state index in [1.54, 1.807) is 11.8 Å². The second-order valence-corrected chi connectivity index (χ2v) is 6.05. The third kappa shape index (κ3) is 1.71. The minimum absolute atomic E-state index is 0.0375. The number of hydrogen-bond acceptors (Lipinski definition) is 4. The van der Waals surface area contributed by atoms with Gasteiger partial charge < -0.3 is 14.4 Å². The smallest absolute Gasteiger partial charge is 0.374 e. The number of carbonyl (C=O) groups is 1. The SMILES string of the molecule is CN1CC(C)(C)Sc2coc(C(=O)O)c21. The number of nitrogens with zero attached hydrogens (tertiary/aromatic N) is 1. The highest BCUT2D eigenvalue weighted by Crippen LogP contribution is 2.46. The Hall–Kier alpha value is -1.10. The molecule has 82 valence electrons. The molecular formula is C10H13NO3S. The number of carboxylic acid groups (broad SMARTS) is 1. The molecule has 0 radical (unpaired) electrons. The predicted octanol–water partition coefficient (Wildman–Crippen LogP) is 2.30. The lowest BCUT2D eigenvalue weighted by Gasteiger charge is -2.35. The molecule has 4 nitrogen and oxygen atoms in total. The van der Waals surface area contributed by atoms with E-state index in [9.17, 15) is 4.79 Å². The van der Waals surface area contributed by atoms with Crippen molar-refractivity contribution in [1.29, 1.82) is 0 Å². The Bertz CT molecular complexity index is 411. The number of fused-ring (bicyclic) bond motifs is 1. The van der Waals surface area contributed by atoms with Gasteiger partial charge in [-0.25, -0.2) is 4.79 Å². The van der Waals surface area contributed by atoms with Crippen molar-refractivity contribution in [1.82, 2.24) is 0 Å². The van der Waals surface area contributed by atoms with Gasteiger partial charge in [-0.1, -0.05) is 0 Å². The molecular weight excluding hydrogens is 214 g/mol. The van der Waals surface area contributed by atoms with Gasteiger partial charge in [-0.15, -0.1) is 11.8 Å². The van der Waals surface area contributed by atoms with Gasteiger partial charge in [0, 0.05) is 18.3 Å². The van der Waals surface area contributed by atoms with Crippen LogP contribution in [0.2, 0.25) is 0 Å². The van der Waals surface area contributed by atoms with Gasteiger partial charge in [0.15, 0.2) is 0 Å². The third-order valence-corrected chi connectivity index (χ3v) is 3.50. The molecule has 1 aliphatic heterocycles. The molecule has 0 saturated carbocycles. The van der Waals surface area contributed by atoms with Gasteiger partial charge in [0.1, 0.15) is 12.0 Å². The molecule has 1 N–H and O–H groups in total. The molecule has 0 amide bonds. The zero-order valence-electron chi connectivity index (χ0n) is 8.90. The Balaban J connectivity index is 2.48. The Morgan fingerprint density at radius 2 is 2.33 bits per heavy atom. The Morgan fingerprint density at radius 1 is 1.67 bits per heavy atom. The number of hydrogen-bond donors (Lipinski definition) is 1. The van der Waals surface area contributed by atoms with E-state index in [0.29, 0.717) is 5.69 Å². The Kier molecular flexibility index (Phi) is 2.22. The summed E-state index contributed by atoms with van der Waals surface area (Å²) in [5, 5.41) is 8.95. The number of aromatic carboxylic acids is 1. The number of rotatable bonds is 1. The summed E-state index contributed by atoms with van der Waals surface area (Å²) < 4.78 is 5.17. The van der Waals surface area contributed by atoms with Crippen molar-refractivity contribution in [2.24, 2.45) is 0 Å². The molecule has 0 spiro atoms. The Morgan fingerprint density at radius 3 is 2.93 bits per heavy atom.